The standard InChI is InChI=1S/C27H45NO2/c1-16-5-8-23(28-15-16)17(2)25-24(30)14-22-20-7-6-18-13-19(29)9-11-26(18,3)21(20)10-12-27(22,25)4/h6,16-17,19-25,28-30H,5,7-15H2,1-4H3/t16-,17-,19+,20-,21+,22+,23-,24+,25?,26+,27+/m1/s1. The topological polar surface area (TPSA) is 52.5 Å². The zero-order valence-electron chi connectivity index (χ0n) is 19.7. The maximum absolute atomic E-state index is 11.4. The highest BCUT2D eigenvalue weighted by molar-refractivity contribution is 5.25. The van der Waals surface area contributed by atoms with Gasteiger partial charge in [0.2, 0.25) is 0 Å². The molecule has 5 rings (SSSR count). The van der Waals surface area contributed by atoms with Gasteiger partial charge in [0.15, 0.2) is 0 Å². The first kappa shape index (κ1) is 21.5. The van der Waals surface area contributed by atoms with E-state index in [-0.39, 0.29) is 17.6 Å². The van der Waals surface area contributed by atoms with E-state index in [1.54, 1.807) is 5.57 Å². The van der Waals surface area contributed by atoms with Crippen LogP contribution in [0, 0.1) is 46.3 Å². The van der Waals surface area contributed by atoms with Crippen LogP contribution in [0.4, 0.5) is 0 Å². The van der Waals surface area contributed by atoms with Crippen molar-refractivity contribution >= 4 is 0 Å². The Morgan fingerprint density at radius 2 is 1.87 bits per heavy atom. The number of piperidine rings is 1. The SMILES string of the molecule is C[C@@H]1CC[C@H]([C@@H](C)C2[C@@H](O)C[C@H]3[C@@H]4CC=C5C[C@@H](O)CC[C@]5(C)[C@H]4CC[C@]23C)NC1. The number of rotatable bonds is 2. The quantitative estimate of drug-likeness (QED) is 0.561. The summed E-state index contributed by atoms with van der Waals surface area (Å²) in [5, 5.41) is 25.5. The van der Waals surface area contributed by atoms with E-state index in [1.807, 2.05) is 0 Å². The van der Waals surface area contributed by atoms with Crippen molar-refractivity contribution < 1.29 is 10.2 Å². The molecule has 3 heteroatoms. The molecule has 0 aromatic heterocycles. The minimum Gasteiger partial charge on any atom is -0.393 e. The lowest BCUT2D eigenvalue weighted by Gasteiger charge is -2.58. The van der Waals surface area contributed by atoms with Gasteiger partial charge in [-0.3, -0.25) is 0 Å². The fourth-order valence-corrected chi connectivity index (χ4v) is 9.36. The number of hydrogen-bond acceptors (Lipinski definition) is 3. The molecule has 3 N–H and O–H groups in total. The molecule has 0 spiro atoms. The van der Waals surface area contributed by atoms with E-state index in [2.05, 4.69) is 39.1 Å². The lowest BCUT2D eigenvalue weighted by molar-refractivity contribution is -0.0655. The minimum atomic E-state index is -0.138. The van der Waals surface area contributed by atoms with E-state index in [1.165, 1.54) is 32.1 Å². The molecule has 3 saturated carbocycles. The van der Waals surface area contributed by atoms with Crippen molar-refractivity contribution in [1.82, 2.24) is 5.32 Å². The third kappa shape index (κ3) is 3.17. The molecule has 4 fully saturated rings. The summed E-state index contributed by atoms with van der Waals surface area (Å²) in [5.41, 5.74) is 2.12. The summed E-state index contributed by atoms with van der Waals surface area (Å²) >= 11 is 0. The Hall–Kier alpha value is -0.380. The van der Waals surface area contributed by atoms with Gasteiger partial charge < -0.3 is 15.5 Å². The summed E-state index contributed by atoms with van der Waals surface area (Å²) in [5.74, 6) is 3.90. The van der Waals surface area contributed by atoms with Gasteiger partial charge in [-0.15, -0.1) is 0 Å². The number of allylic oxidation sites excluding steroid dienone is 1. The molecule has 11 atom stereocenters. The van der Waals surface area contributed by atoms with Gasteiger partial charge in [0.05, 0.1) is 12.2 Å². The maximum atomic E-state index is 11.4. The Bertz CT molecular complexity index is 682. The molecule has 0 bridgehead atoms. The molecule has 0 radical (unpaired) electrons. The summed E-state index contributed by atoms with van der Waals surface area (Å²) < 4.78 is 0. The smallest absolute Gasteiger partial charge is 0.0579 e. The van der Waals surface area contributed by atoms with Gasteiger partial charge in [0.1, 0.15) is 0 Å². The molecule has 5 aliphatic rings. The minimum absolute atomic E-state index is 0.126. The Morgan fingerprint density at radius 3 is 2.60 bits per heavy atom. The van der Waals surface area contributed by atoms with Gasteiger partial charge in [-0.2, -0.15) is 0 Å². The lowest BCUT2D eigenvalue weighted by atomic mass is 9.47. The Morgan fingerprint density at radius 1 is 1.07 bits per heavy atom. The normalized spacial score (nSPS) is 54.5. The summed E-state index contributed by atoms with van der Waals surface area (Å²) in [7, 11) is 0. The van der Waals surface area contributed by atoms with Gasteiger partial charge in [0, 0.05) is 6.04 Å². The summed E-state index contributed by atoms with van der Waals surface area (Å²) in [4.78, 5) is 0. The van der Waals surface area contributed by atoms with Crippen LogP contribution in [0.5, 0.6) is 0 Å². The van der Waals surface area contributed by atoms with Crippen LogP contribution in [0.3, 0.4) is 0 Å². The Labute approximate surface area is 184 Å². The van der Waals surface area contributed by atoms with E-state index in [4.69, 9.17) is 0 Å². The predicted molar refractivity (Wildman–Crippen MR) is 122 cm³/mol. The molecule has 170 valence electrons. The highest BCUT2D eigenvalue weighted by Gasteiger charge is 2.62. The van der Waals surface area contributed by atoms with Gasteiger partial charge >= 0.3 is 0 Å². The largest absolute Gasteiger partial charge is 0.393 e. The number of nitrogens with one attached hydrogen (secondary N) is 1. The molecule has 3 nitrogen and oxygen atoms in total. The Kier molecular flexibility index (Phi) is 5.43. The molecule has 1 heterocycles. The zero-order chi connectivity index (χ0) is 21.3. The fraction of sp³-hybridized carbons (Fsp3) is 0.926. The molecule has 0 aromatic rings. The van der Waals surface area contributed by atoms with Crippen LogP contribution in [-0.2, 0) is 0 Å². The van der Waals surface area contributed by atoms with Gasteiger partial charge in [-0.25, -0.2) is 0 Å². The molecule has 1 unspecified atom stereocenters. The van der Waals surface area contributed by atoms with Crippen molar-refractivity contribution in [2.45, 2.75) is 104 Å². The third-order valence-electron chi connectivity index (χ3n) is 11.1. The third-order valence-corrected chi connectivity index (χ3v) is 11.1. The van der Waals surface area contributed by atoms with E-state index in [0.29, 0.717) is 29.2 Å². The highest BCUT2D eigenvalue weighted by Crippen LogP contribution is 2.67. The van der Waals surface area contributed by atoms with Gasteiger partial charge in [0.25, 0.3) is 0 Å². The van der Waals surface area contributed by atoms with E-state index in [9.17, 15) is 10.2 Å². The summed E-state index contributed by atoms with van der Waals surface area (Å²) in [6, 6.07) is 0.573. The number of hydrogen-bond donors (Lipinski definition) is 3. The number of aliphatic hydroxyl groups excluding tert-OH is 2. The van der Waals surface area contributed by atoms with Crippen LogP contribution in [0.15, 0.2) is 11.6 Å². The molecule has 0 aromatic carbocycles. The van der Waals surface area contributed by atoms with Gasteiger partial charge in [-0.05, 0) is 111 Å². The summed E-state index contributed by atoms with van der Waals surface area (Å²) in [6.07, 6.45) is 12.6. The van der Waals surface area contributed by atoms with Gasteiger partial charge in [-0.1, -0.05) is 39.3 Å². The molecular formula is C27H45NO2. The van der Waals surface area contributed by atoms with E-state index >= 15 is 0 Å². The first-order valence-electron chi connectivity index (χ1n) is 13.0. The van der Waals surface area contributed by atoms with Crippen LogP contribution < -0.4 is 5.32 Å². The van der Waals surface area contributed by atoms with Crippen molar-refractivity contribution in [2.75, 3.05) is 6.54 Å². The second kappa shape index (κ2) is 7.59. The molecule has 1 saturated heterocycles. The van der Waals surface area contributed by atoms with Crippen molar-refractivity contribution in [3.8, 4) is 0 Å². The maximum Gasteiger partial charge on any atom is 0.0579 e. The molecule has 1 aliphatic heterocycles. The lowest BCUT2D eigenvalue weighted by Crippen LogP contribution is -2.53. The first-order chi connectivity index (χ1) is 14.2. The molecular weight excluding hydrogens is 370 g/mol. The summed E-state index contributed by atoms with van der Waals surface area (Å²) in [6.45, 7) is 11.0. The monoisotopic (exact) mass is 415 g/mol. The number of aliphatic hydroxyl groups is 2. The van der Waals surface area contributed by atoms with Crippen molar-refractivity contribution in [1.29, 1.82) is 0 Å². The van der Waals surface area contributed by atoms with Crippen LogP contribution >= 0.6 is 0 Å². The molecule has 30 heavy (non-hydrogen) atoms. The van der Waals surface area contributed by atoms with E-state index < -0.39 is 0 Å². The fourth-order valence-electron chi connectivity index (χ4n) is 9.36. The highest BCUT2D eigenvalue weighted by atomic mass is 16.3. The predicted octanol–water partition coefficient (Wildman–Crippen LogP) is 4.92. The second-order valence-corrected chi connectivity index (χ2v) is 12.6. The van der Waals surface area contributed by atoms with Crippen molar-refractivity contribution in [3.05, 3.63) is 11.6 Å². The number of fused-ring (bicyclic) bond motifs is 5. The van der Waals surface area contributed by atoms with Crippen molar-refractivity contribution in [2.24, 2.45) is 46.3 Å². The zero-order valence-corrected chi connectivity index (χ0v) is 19.7. The second-order valence-electron chi connectivity index (χ2n) is 12.6. The first-order valence-corrected chi connectivity index (χ1v) is 13.0. The average Bonchev–Trinajstić information content (AvgIpc) is 2.98. The molecule has 0 amide bonds. The van der Waals surface area contributed by atoms with Crippen LogP contribution in [0.25, 0.3) is 0 Å². The Balaban J connectivity index is 1.39. The van der Waals surface area contributed by atoms with Crippen LogP contribution in [0.2, 0.25) is 0 Å². The van der Waals surface area contributed by atoms with Crippen LogP contribution in [0.1, 0.15) is 85.5 Å². The molecule has 4 aliphatic carbocycles. The average molecular weight is 416 g/mol. The van der Waals surface area contributed by atoms with Crippen LogP contribution in [-0.4, -0.2) is 35.0 Å². The van der Waals surface area contributed by atoms with E-state index in [0.717, 1.165) is 50.0 Å². The van der Waals surface area contributed by atoms with Crippen molar-refractivity contribution in [3.63, 3.8) is 0 Å².